The van der Waals surface area contributed by atoms with E-state index in [9.17, 15) is 4.39 Å². The second-order valence-corrected chi connectivity index (χ2v) is 4.32. The van der Waals surface area contributed by atoms with Crippen molar-refractivity contribution in [3.63, 3.8) is 0 Å². The van der Waals surface area contributed by atoms with Gasteiger partial charge in [0.2, 0.25) is 0 Å². The van der Waals surface area contributed by atoms with Crippen molar-refractivity contribution < 1.29 is 4.39 Å². The predicted molar refractivity (Wildman–Crippen MR) is 55.5 cm³/mol. The Bertz CT molecular complexity index is 185. The quantitative estimate of drug-likeness (QED) is 0.496. The lowest BCUT2D eigenvalue weighted by Gasteiger charge is -2.18. The lowest BCUT2D eigenvalue weighted by molar-refractivity contribution is 0.334. The Labute approximate surface area is 86.3 Å². The lowest BCUT2D eigenvalue weighted by Crippen LogP contribution is -2.11. The van der Waals surface area contributed by atoms with Gasteiger partial charge < -0.3 is 0 Å². The van der Waals surface area contributed by atoms with E-state index in [0.29, 0.717) is 12.3 Å². The number of rotatable bonds is 4. The summed E-state index contributed by atoms with van der Waals surface area (Å²) in [7, 11) is 0. The maximum atomic E-state index is 11.9. The summed E-state index contributed by atoms with van der Waals surface area (Å²) >= 11 is 0. The summed E-state index contributed by atoms with van der Waals surface area (Å²) in [4.78, 5) is 0. The minimum atomic E-state index is -0.204. The molecule has 80 valence electrons. The van der Waals surface area contributed by atoms with Crippen LogP contribution in [0.4, 0.5) is 4.39 Å². The molecule has 0 N–H and O–H groups in total. The summed E-state index contributed by atoms with van der Waals surface area (Å²) in [6.45, 7) is -0.204. The van der Waals surface area contributed by atoms with Gasteiger partial charge in [-0.2, -0.15) is 5.26 Å². The molecular weight excluding hydrogens is 177 g/mol. The van der Waals surface area contributed by atoms with Crippen LogP contribution in [0, 0.1) is 23.2 Å². The Kier molecular flexibility index (Phi) is 5.59. The lowest BCUT2D eigenvalue weighted by atomic mass is 9.85. The SMILES string of the molecule is N#CC1CCCCCC1CCCCF. The third kappa shape index (κ3) is 3.65. The normalized spacial score (nSPS) is 28.0. The minimum absolute atomic E-state index is 0.204. The fraction of sp³-hybridized carbons (Fsp3) is 0.917. The van der Waals surface area contributed by atoms with Crippen molar-refractivity contribution in [1.29, 1.82) is 5.26 Å². The van der Waals surface area contributed by atoms with Crippen LogP contribution in [-0.2, 0) is 0 Å². The highest BCUT2D eigenvalue weighted by Gasteiger charge is 2.22. The first-order valence-corrected chi connectivity index (χ1v) is 5.84. The highest BCUT2D eigenvalue weighted by molar-refractivity contribution is 4.89. The van der Waals surface area contributed by atoms with Crippen molar-refractivity contribution in [1.82, 2.24) is 0 Å². The van der Waals surface area contributed by atoms with E-state index >= 15 is 0 Å². The van der Waals surface area contributed by atoms with E-state index < -0.39 is 0 Å². The third-order valence-corrected chi connectivity index (χ3v) is 3.28. The van der Waals surface area contributed by atoms with E-state index in [1.54, 1.807) is 0 Å². The second-order valence-electron chi connectivity index (χ2n) is 4.32. The molecule has 0 aliphatic heterocycles. The Morgan fingerprint density at radius 1 is 1.14 bits per heavy atom. The molecule has 0 amide bonds. The van der Waals surface area contributed by atoms with Gasteiger partial charge in [0.05, 0.1) is 12.7 Å². The number of hydrogen-bond acceptors (Lipinski definition) is 1. The number of nitriles is 1. The molecule has 2 atom stereocenters. The molecule has 1 saturated carbocycles. The number of hydrogen-bond donors (Lipinski definition) is 0. The Morgan fingerprint density at radius 3 is 2.64 bits per heavy atom. The van der Waals surface area contributed by atoms with Gasteiger partial charge in [0, 0.05) is 5.92 Å². The largest absolute Gasteiger partial charge is 0.251 e. The van der Waals surface area contributed by atoms with Crippen molar-refractivity contribution in [3.05, 3.63) is 0 Å². The van der Waals surface area contributed by atoms with Gasteiger partial charge in [-0.3, -0.25) is 4.39 Å². The summed E-state index contributed by atoms with van der Waals surface area (Å²) in [6, 6.07) is 2.43. The van der Waals surface area contributed by atoms with Crippen LogP contribution in [0.1, 0.15) is 51.4 Å². The van der Waals surface area contributed by atoms with E-state index in [-0.39, 0.29) is 12.6 Å². The molecule has 1 aliphatic carbocycles. The summed E-state index contributed by atoms with van der Waals surface area (Å²) in [5.41, 5.74) is 0. The van der Waals surface area contributed by atoms with Crippen LogP contribution >= 0.6 is 0 Å². The fourth-order valence-electron chi connectivity index (χ4n) is 2.40. The van der Waals surface area contributed by atoms with Crippen molar-refractivity contribution in [2.24, 2.45) is 11.8 Å². The molecule has 0 heterocycles. The summed E-state index contributed by atoms with van der Waals surface area (Å²) < 4.78 is 11.9. The molecule has 1 nitrogen and oxygen atoms in total. The molecule has 1 fully saturated rings. The average molecular weight is 197 g/mol. The first-order chi connectivity index (χ1) is 6.88. The summed E-state index contributed by atoms with van der Waals surface area (Å²) in [5.74, 6) is 0.797. The maximum Gasteiger partial charge on any atom is 0.0894 e. The molecule has 2 unspecified atom stereocenters. The van der Waals surface area contributed by atoms with Crippen LogP contribution in [0.3, 0.4) is 0 Å². The zero-order valence-electron chi connectivity index (χ0n) is 8.84. The zero-order chi connectivity index (χ0) is 10.2. The Hall–Kier alpha value is -0.580. The second kappa shape index (κ2) is 6.81. The molecule has 1 aliphatic rings. The molecule has 14 heavy (non-hydrogen) atoms. The number of unbranched alkanes of at least 4 members (excludes halogenated alkanes) is 1. The van der Waals surface area contributed by atoms with E-state index in [2.05, 4.69) is 6.07 Å². The molecule has 0 aromatic heterocycles. The van der Waals surface area contributed by atoms with Gasteiger partial charge in [-0.05, 0) is 31.6 Å². The van der Waals surface area contributed by atoms with E-state index in [1.807, 2.05) is 0 Å². The predicted octanol–water partition coefficient (Wildman–Crippen LogP) is 3.85. The minimum Gasteiger partial charge on any atom is -0.251 e. The highest BCUT2D eigenvalue weighted by atomic mass is 19.1. The van der Waals surface area contributed by atoms with Gasteiger partial charge in [0.15, 0.2) is 0 Å². The number of halogens is 1. The number of nitrogens with zero attached hydrogens (tertiary/aromatic N) is 1. The number of alkyl halides is 1. The third-order valence-electron chi connectivity index (χ3n) is 3.28. The standard InChI is InChI=1S/C12H20FN/c13-9-5-4-7-11-6-2-1-3-8-12(11)10-14/h11-12H,1-9H2. The molecule has 0 saturated heterocycles. The van der Waals surface area contributed by atoms with Crippen LogP contribution in [0.5, 0.6) is 0 Å². The molecule has 0 spiro atoms. The monoisotopic (exact) mass is 197 g/mol. The van der Waals surface area contributed by atoms with Crippen LogP contribution in [0.2, 0.25) is 0 Å². The smallest absolute Gasteiger partial charge is 0.0894 e. The molecular formula is C12H20FN. The van der Waals surface area contributed by atoms with Gasteiger partial charge in [-0.15, -0.1) is 0 Å². The fourth-order valence-corrected chi connectivity index (χ4v) is 2.40. The van der Waals surface area contributed by atoms with Crippen molar-refractivity contribution >= 4 is 0 Å². The highest BCUT2D eigenvalue weighted by Crippen LogP contribution is 2.31. The van der Waals surface area contributed by atoms with E-state index in [4.69, 9.17) is 5.26 Å². The van der Waals surface area contributed by atoms with Crippen LogP contribution in [0.25, 0.3) is 0 Å². The van der Waals surface area contributed by atoms with E-state index in [0.717, 1.165) is 19.3 Å². The van der Waals surface area contributed by atoms with Crippen molar-refractivity contribution in [3.8, 4) is 6.07 Å². The van der Waals surface area contributed by atoms with Crippen molar-refractivity contribution in [2.75, 3.05) is 6.67 Å². The van der Waals surface area contributed by atoms with Crippen molar-refractivity contribution in [2.45, 2.75) is 51.4 Å². The Morgan fingerprint density at radius 2 is 1.93 bits per heavy atom. The molecule has 0 aromatic carbocycles. The summed E-state index contributed by atoms with van der Waals surface area (Å²) in [6.07, 6.45) is 8.69. The Balaban J connectivity index is 2.33. The van der Waals surface area contributed by atoms with Gasteiger partial charge in [-0.1, -0.05) is 25.7 Å². The summed E-state index contributed by atoms with van der Waals surface area (Å²) in [5, 5.41) is 9.02. The van der Waals surface area contributed by atoms with Crippen LogP contribution < -0.4 is 0 Å². The zero-order valence-corrected chi connectivity index (χ0v) is 8.84. The van der Waals surface area contributed by atoms with E-state index in [1.165, 1.54) is 25.7 Å². The molecule has 0 radical (unpaired) electrons. The maximum absolute atomic E-state index is 11.9. The molecule has 1 rings (SSSR count). The van der Waals surface area contributed by atoms with Crippen LogP contribution in [-0.4, -0.2) is 6.67 Å². The molecule has 0 bridgehead atoms. The van der Waals surface area contributed by atoms with Crippen LogP contribution in [0.15, 0.2) is 0 Å². The van der Waals surface area contributed by atoms with Gasteiger partial charge in [0.1, 0.15) is 0 Å². The topological polar surface area (TPSA) is 23.8 Å². The first-order valence-electron chi connectivity index (χ1n) is 5.84. The molecule has 0 aromatic rings. The van der Waals surface area contributed by atoms with Gasteiger partial charge in [-0.25, -0.2) is 0 Å². The van der Waals surface area contributed by atoms with Gasteiger partial charge >= 0.3 is 0 Å². The first kappa shape index (κ1) is 11.5. The molecule has 2 heteroatoms. The average Bonchev–Trinajstić information content (AvgIpc) is 2.43. The van der Waals surface area contributed by atoms with Gasteiger partial charge in [0.25, 0.3) is 0 Å².